The lowest BCUT2D eigenvalue weighted by atomic mass is 9.85. The molecule has 0 spiro atoms. The van der Waals surface area contributed by atoms with Crippen LogP contribution >= 0.6 is 0 Å². The van der Waals surface area contributed by atoms with Crippen molar-refractivity contribution in [2.24, 2.45) is 5.92 Å². The van der Waals surface area contributed by atoms with E-state index in [-0.39, 0.29) is 17.4 Å². The van der Waals surface area contributed by atoms with Crippen molar-refractivity contribution >= 4 is 15.9 Å². The van der Waals surface area contributed by atoms with Crippen LogP contribution in [0, 0.1) is 5.92 Å². The number of aliphatic hydroxyl groups is 1. The summed E-state index contributed by atoms with van der Waals surface area (Å²) in [7, 11) is -3.72. The van der Waals surface area contributed by atoms with Crippen LogP contribution in [0.2, 0.25) is 0 Å². The number of aliphatic hydroxyl groups excluding tert-OH is 1. The molecular weight excluding hydrogens is 412 g/mol. The maximum atomic E-state index is 12.0. The molecule has 2 atom stereocenters. The molecule has 0 saturated carbocycles. The van der Waals surface area contributed by atoms with Crippen molar-refractivity contribution < 1.29 is 18.6 Å². The zero-order valence-corrected chi connectivity index (χ0v) is 17.6. The highest BCUT2D eigenvalue weighted by Crippen LogP contribution is 2.34. The van der Waals surface area contributed by atoms with E-state index < -0.39 is 16.3 Å². The van der Waals surface area contributed by atoms with Crippen molar-refractivity contribution in [1.29, 1.82) is 0 Å². The quantitative estimate of drug-likeness (QED) is 0.527. The van der Waals surface area contributed by atoms with E-state index in [9.17, 15) is 18.6 Å². The molecule has 0 fully saturated rings. The molecule has 3 N–H and O–H groups in total. The summed E-state index contributed by atoms with van der Waals surface area (Å²) in [4.78, 5) is 0. The maximum absolute atomic E-state index is 12.0. The molecule has 0 aromatic heterocycles. The fraction of sp³-hybridized carbons (Fsp3) is 0.167. The number of aromatic hydroxyl groups is 1. The van der Waals surface area contributed by atoms with E-state index in [0.29, 0.717) is 12.8 Å². The Morgan fingerprint density at radius 3 is 2.13 bits per heavy atom. The largest absolute Gasteiger partial charge is 0.506 e. The monoisotopic (exact) mass is 436 g/mol. The minimum Gasteiger partial charge on any atom is -0.506 e. The fourth-order valence-corrected chi connectivity index (χ4v) is 4.83. The molecule has 0 bridgehead atoms. The lowest BCUT2D eigenvalue weighted by Crippen LogP contribution is -2.28. The van der Waals surface area contributed by atoms with Crippen LogP contribution in [0.4, 0.5) is 5.69 Å². The molecule has 0 aliphatic carbocycles. The molecule has 1 aliphatic heterocycles. The van der Waals surface area contributed by atoms with Gasteiger partial charge in [-0.15, -0.1) is 0 Å². The van der Waals surface area contributed by atoms with Crippen LogP contribution in [0.1, 0.15) is 22.8 Å². The van der Waals surface area contributed by atoms with E-state index in [1.807, 2.05) is 60.7 Å². The third kappa shape index (κ3) is 4.73. The third-order valence-electron chi connectivity index (χ3n) is 5.39. The number of phenolic OH excluding ortho intramolecular Hbond substituents is 1. The average Bonchev–Trinajstić information content (AvgIpc) is 3.13. The minimum absolute atomic E-state index is 0.132. The topological polar surface area (TPSA) is 89.9 Å². The van der Waals surface area contributed by atoms with Gasteiger partial charge in [-0.25, -0.2) is 4.31 Å². The summed E-state index contributed by atoms with van der Waals surface area (Å²) in [5.41, 5.74) is 2.94. The fourth-order valence-electron chi connectivity index (χ4n) is 3.85. The molecule has 6 nitrogen and oxygen atoms in total. The number of hydrogen-bond donors (Lipinski definition) is 3. The van der Waals surface area contributed by atoms with Crippen LogP contribution < -0.4 is 9.03 Å². The summed E-state index contributed by atoms with van der Waals surface area (Å²) >= 11 is 0. The average molecular weight is 437 g/mol. The zero-order valence-electron chi connectivity index (χ0n) is 16.8. The van der Waals surface area contributed by atoms with Crippen LogP contribution in [-0.4, -0.2) is 18.6 Å². The van der Waals surface area contributed by atoms with Gasteiger partial charge in [0.2, 0.25) is 0 Å². The van der Waals surface area contributed by atoms with Gasteiger partial charge in [0.15, 0.2) is 0 Å². The molecular formula is C24H24N2O4S. The molecule has 0 saturated heterocycles. The normalized spacial score (nSPS) is 16.6. The highest BCUT2D eigenvalue weighted by Gasteiger charge is 2.27. The van der Waals surface area contributed by atoms with Gasteiger partial charge in [-0.05, 0) is 47.6 Å². The molecule has 2 unspecified atom stereocenters. The number of phenols is 1. The smallest absolute Gasteiger partial charge is 0.327 e. The molecule has 0 amide bonds. The SMILES string of the molecule is O=S1(=O)NC=CN1c1ccc(CC(Cc2ccccc2)C(O)c2ccccc2)cc1O. The summed E-state index contributed by atoms with van der Waals surface area (Å²) in [5.74, 6) is -0.269. The summed E-state index contributed by atoms with van der Waals surface area (Å²) in [6.07, 6.45) is 3.14. The van der Waals surface area contributed by atoms with E-state index in [4.69, 9.17) is 0 Å². The summed E-state index contributed by atoms with van der Waals surface area (Å²) in [6, 6.07) is 24.4. The van der Waals surface area contributed by atoms with Gasteiger partial charge in [-0.3, -0.25) is 4.72 Å². The Hall–Kier alpha value is -3.29. The lowest BCUT2D eigenvalue weighted by Gasteiger charge is -2.24. The first kappa shape index (κ1) is 21.0. The second-order valence-corrected chi connectivity index (χ2v) is 9.15. The van der Waals surface area contributed by atoms with E-state index in [1.54, 1.807) is 18.2 Å². The van der Waals surface area contributed by atoms with Gasteiger partial charge in [0.1, 0.15) is 5.75 Å². The Labute approximate surface area is 182 Å². The van der Waals surface area contributed by atoms with Gasteiger partial charge in [0, 0.05) is 12.4 Å². The predicted molar refractivity (Wildman–Crippen MR) is 121 cm³/mol. The highest BCUT2D eigenvalue weighted by molar-refractivity contribution is 7.91. The Kier molecular flexibility index (Phi) is 5.97. The number of nitrogens with one attached hydrogen (secondary N) is 1. The van der Waals surface area contributed by atoms with Gasteiger partial charge < -0.3 is 10.2 Å². The van der Waals surface area contributed by atoms with Crippen molar-refractivity contribution in [2.45, 2.75) is 18.9 Å². The standard InChI is InChI=1S/C24H24N2O4S/c27-23-17-19(11-12-22(23)26-14-13-25-31(26,29)30)16-21(15-18-7-3-1-4-8-18)24(28)20-9-5-2-6-10-20/h1-14,17,21,24-25,27-28H,15-16H2. The molecule has 3 aromatic rings. The van der Waals surface area contributed by atoms with Gasteiger partial charge in [0.25, 0.3) is 0 Å². The number of rotatable bonds is 7. The van der Waals surface area contributed by atoms with E-state index in [1.165, 1.54) is 12.4 Å². The summed E-state index contributed by atoms with van der Waals surface area (Å²) in [6.45, 7) is 0. The van der Waals surface area contributed by atoms with E-state index >= 15 is 0 Å². The first-order valence-corrected chi connectivity index (χ1v) is 11.5. The first-order chi connectivity index (χ1) is 14.9. The Morgan fingerprint density at radius 1 is 0.871 bits per heavy atom. The van der Waals surface area contributed by atoms with Crippen molar-refractivity contribution in [3.63, 3.8) is 0 Å². The molecule has 4 rings (SSSR count). The summed E-state index contributed by atoms with van der Waals surface area (Å²) < 4.78 is 27.3. The van der Waals surface area contributed by atoms with Crippen molar-refractivity contribution in [1.82, 2.24) is 4.72 Å². The van der Waals surface area contributed by atoms with Crippen LogP contribution in [0.25, 0.3) is 0 Å². The van der Waals surface area contributed by atoms with Crippen LogP contribution in [0.5, 0.6) is 5.75 Å². The highest BCUT2D eigenvalue weighted by atomic mass is 32.2. The van der Waals surface area contributed by atoms with Gasteiger partial charge in [0.05, 0.1) is 11.8 Å². The lowest BCUT2D eigenvalue weighted by molar-refractivity contribution is 0.108. The number of anilines is 1. The molecule has 160 valence electrons. The van der Waals surface area contributed by atoms with Crippen molar-refractivity contribution in [2.75, 3.05) is 4.31 Å². The van der Waals surface area contributed by atoms with Gasteiger partial charge in [-0.2, -0.15) is 8.42 Å². The number of benzene rings is 3. The van der Waals surface area contributed by atoms with E-state index in [2.05, 4.69) is 4.72 Å². The first-order valence-electron chi connectivity index (χ1n) is 10.0. The van der Waals surface area contributed by atoms with Crippen LogP contribution in [0.3, 0.4) is 0 Å². The van der Waals surface area contributed by atoms with E-state index in [0.717, 1.165) is 21.0 Å². The Balaban J connectivity index is 1.60. The Bertz CT molecular complexity index is 1160. The maximum Gasteiger partial charge on any atom is 0.327 e. The van der Waals surface area contributed by atoms with Crippen molar-refractivity contribution in [3.8, 4) is 5.75 Å². The number of nitrogens with zero attached hydrogens (tertiary/aromatic N) is 1. The predicted octanol–water partition coefficient (Wildman–Crippen LogP) is 3.65. The second kappa shape index (κ2) is 8.83. The molecule has 31 heavy (non-hydrogen) atoms. The van der Waals surface area contributed by atoms with Crippen LogP contribution in [-0.2, 0) is 23.1 Å². The molecule has 3 aromatic carbocycles. The van der Waals surface area contributed by atoms with Crippen LogP contribution in [0.15, 0.2) is 91.3 Å². The molecule has 7 heteroatoms. The summed E-state index contributed by atoms with van der Waals surface area (Å²) in [5, 5.41) is 21.6. The van der Waals surface area contributed by atoms with Crippen molar-refractivity contribution in [3.05, 3.63) is 108 Å². The van der Waals surface area contributed by atoms with Gasteiger partial charge in [-0.1, -0.05) is 66.7 Å². The second-order valence-electron chi connectivity index (χ2n) is 7.57. The van der Waals surface area contributed by atoms with Gasteiger partial charge >= 0.3 is 10.2 Å². The molecule has 1 heterocycles. The molecule has 0 radical (unpaired) electrons. The zero-order chi connectivity index (χ0) is 21.8. The number of hydrogen-bond acceptors (Lipinski definition) is 4. The minimum atomic E-state index is -3.72. The molecule has 1 aliphatic rings. The third-order valence-corrected chi connectivity index (χ3v) is 6.66. The Morgan fingerprint density at radius 2 is 1.52 bits per heavy atom.